The van der Waals surface area contributed by atoms with Crippen LogP contribution in [0.3, 0.4) is 0 Å². The van der Waals surface area contributed by atoms with Crippen molar-refractivity contribution in [3.05, 3.63) is 17.8 Å². The highest BCUT2D eigenvalue weighted by atomic mass is 16.3. The quantitative estimate of drug-likeness (QED) is 0.852. The zero-order chi connectivity index (χ0) is 11.5. The summed E-state index contributed by atoms with van der Waals surface area (Å²) >= 11 is 0. The van der Waals surface area contributed by atoms with E-state index in [4.69, 9.17) is 10.2 Å². The van der Waals surface area contributed by atoms with E-state index in [1.54, 1.807) is 6.39 Å². The lowest BCUT2D eigenvalue weighted by atomic mass is 9.48. The van der Waals surface area contributed by atoms with Gasteiger partial charge in [0.15, 0.2) is 6.39 Å². The van der Waals surface area contributed by atoms with Crippen LogP contribution in [0.1, 0.15) is 50.0 Å². The van der Waals surface area contributed by atoms with Gasteiger partial charge in [-0.2, -0.15) is 0 Å². The number of hydrogen-bond acceptors (Lipinski definition) is 3. The number of nitrogens with two attached hydrogens (primary N) is 1. The van der Waals surface area contributed by atoms with Gasteiger partial charge in [0.25, 0.3) is 0 Å². The Balaban J connectivity index is 1.77. The maximum atomic E-state index is 5.78. The first-order chi connectivity index (χ1) is 8.29. The smallest absolute Gasteiger partial charge is 0.181 e. The molecule has 0 radical (unpaired) electrons. The monoisotopic (exact) mass is 232 g/mol. The van der Waals surface area contributed by atoms with Crippen LogP contribution in [-0.4, -0.2) is 4.98 Å². The van der Waals surface area contributed by atoms with Gasteiger partial charge < -0.3 is 10.2 Å². The molecule has 3 heteroatoms. The van der Waals surface area contributed by atoms with Gasteiger partial charge in [-0.05, 0) is 56.3 Å². The minimum atomic E-state index is 0.330. The van der Waals surface area contributed by atoms with Crippen LogP contribution in [0.15, 0.2) is 10.8 Å². The van der Waals surface area contributed by atoms with Crippen molar-refractivity contribution in [3.63, 3.8) is 0 Å². The van der Waals surface area contributed by atoms with E-state index in [0.717, 1.165) is 23.5 Å². The molecule has 1 aromatic rings. The van der Waals surface area contributed by atoms with Crippen molar-refractivity contribution in [1.82, 2.24) is 4.98 Å². The molecule has 1 aromatic heterocycles. The highest BCUT2D eigenvalue weighted by Gasteiger charge is 2.53. The predicted molar refractivity (Wildman–Crippen MR) is 64.2 cm³/mol. The maximum Gasteiger partial charge on any atom is 0.181 e. The van der Waals surface area contributed by atoms with Crippen LogP contribution < -0.4 is 5.73 Å². The molecule has 0 aromatic carbocycles. The molecule has 4 aliphatic carbocycles. The molecule has 5 rings (SSSR count). The Morgan fingerprint density at radius 3 is 2.29 bits per heavy atom. The molecule has 1 heterocycles. The predicted octanol–water partition coefficient (Wildman–Crippen LogP) is 2.60. The first-order valence-electron chi connectivity index (χ1n) is 6.92. The summed E-state index contributed by atoms with van der Waals surface area (Å²) in [5.74, 6) is 3.78. The third-order valence-electron chi connectivity index (χ3n) is 5.37. The molecule has 4 fully saturated rings. The van der Waals surface area contributed by atoms with Crippen LogP contribution in [0.25, 0.3) is 0 Å². The van der Waals surface area contributed by atoms with E-state index in [9.17, 15) is 0 Å². The average molecular weight is 232 g/mol. The van der Waals surface area contributed by atoms with Crippen molar-refractivity contribution in [2.75, 3.05) is 0 Å². The topological polar surface area (TPSA) is 52.0 Å². The number of aromatic nitrogens is 1. The summed E-state index contributed by atoms with van der Waals surface area (Å²) in [6, 6.07) is 0. The summed E-state index contributed by atoms with van der Waals surface area (Å²) in [6.45, 7) is 0.497. The summed E-state index contributed by atoms with van der Waals surface area (Å²) in [7, 11) is 0. The second-order valence-corrected chi connectivity index (χ2v) is 6.53. The molecule has 4 bridgehead atoms. The van der Waals surface area contributed by atoms with Gasteiger partial charge in [-0.25, -0.2) is 4.98 Å². The lowest BCUT2D eigenvalue weighted by Gasteiger charge is -2.56. The second kappa shape index (κ2) is 3.35. The Morgan fingerprint density at radius 1 is 1.18 bits per heavy atom. The largest absolute Gasteiger partial charge is 0.447 e. The molecule has 3 nitrogen and oxygen atoms in total. The highest BCUT2D eigenvalue weighted by molar-refractivity contribution is 5.25. The summed E-state index contributed by atoms with van der Waals surface area (Å²) in [4.78, 5) is 4.53. The summed E-state index contributed by atoms with van der Waals surface area (Å²) < 4.78 is 5.47. The molecule has 0 unspecified atom stereocenters. The third-order valence-corrected chi connectivity index (χ3v) is 5.37. The van der Waals surface area contributed by atoms with Crippen molar-refractivity contribution < 1.29 is 4.42 Å². The van der Waals surface area contributed by atoms with Crippen molar-refractivity contribution in [1.29, 1.82) is 0 Å². The van der Waals surface area contributed by atoms with Crippen LogP contribution in [0.4, 0.5) is 0 Å². The maximum absolute atomic E-state index is 5.78. The van der Waals surface area contributed by atoms with E-state index in [0.29, 0.717) is 12.0 Å². The molecule has 0 spiro atoms. The fourth-order valence-electron chi connectivity index (χ4n) is 5.25. The number of hydrogen-bond donors (Lipinski definition) is 1. The Morgan fingerprint density at radius 2 is 1.76 bits per heavy atom. The fourth-order valence-corrected chi connectivity index (χ4v) is 5.25. The zero-order valence-corrected chi connectivity index (χ0v) is 10.2. The van der Waals surface area contributed by atoms with E-state index in [2.05, 4.69) is 4.98 Å². The Kier molecular flexibility index (Phi) is 1.99. The minimum absolute atomic E-state index is 0.330. The van der Waals surface area contributed by atoms with Gasteiger partial charge in [0, 0.05) is 5.41 Å². The highest BCUT2D eigenvalue weighted by Crippen LogP contribution is 2.60. The summed E-state index contributed by atoms with van der Waals surface area (Å²) in [5.41, 5.74) is 7.32. The van der Waals surface area contributed by atoms with E-state index >= 15 is 0 Å². The minimum Gasteiger partial charge on any atom is -0.447 e. The van der Waals surface area contributed by atoms with E-state index in [1.165, 1.54) is 44.2 Å². The standard InChI is InChI=1S/C14H20N2O/c15-7-12-13(16-8-17-12)14-4-9-1-10(5-14)3-11(2-9)6-14/h8-11H,1-7,15H2. The van der Waals surface area contributed by atoms with Gasteiger partial charge in [-0.15, -0.1) is 0 Å². The average Bonchev–Trinajstić information content (AvgIpc) is 2.75. The molecule has 4 aliphatic rings. The molecule has 92 valence electrons. The number of oxazole rings is 1. The lowest BCUT2D eigenvalue weighted by Crippen LogP contribution is -2.49. The van der Waals surface area contributed by atoms with Crippen LogP contribution in [0.5, 0.6) is 0 Å². The van der Waals surface area contributed by atoms with Crippen molar-refractivity contribution in [3.8, 4) is 0 Å². The molecular weight excluding hydrogens is 212 g/mol. The molecule has 4 saturated carbocycles. The van der Waals surface area contributed by atoms with Gasteiger partial charge in [0.05, 0.1) is 12.2 Å². The lowest BCUT2D eigenvalue weighted by molar-refractivity contribution is -0.00774. The van der Waals surface area contributed by atoms with Gasteiger partial charge in [-0.1, -0.05) is 0 Å². The molecule has 0 atom stereocenters. The van der Waals surface area contributed by atoms with Gasteiger partial charge >= 0.3 is 0 Å². The molecule has 0 aliphatic heterocycles. The Bertz CT molecular complexity index is 402. The van der Waals surface area contributed by atoms with Gasteiger partial charge in [0.2, 0.25) is 0 Å². The molecule has 0 amide bonds. The van der Waals surface area contributed by atoms with Gasteiger partial charge in [-0.3, -0.25) is 0 Å². The SMILES string of the molecule is NCc1ocnc1C12CC3CC(CC(C3)C1)C2. The number of nitrogens with zero attached hydrogens (tertiary/aromatic N) is 1. The summed E-state index contributed by atoms with van der Waals surface area (Å²) in [6.07, 6.45) is 9.99. The first kappa shape index (κ1) is 10.1. The molecular formula is C14H20N2O. The third kappa shape index (κ3) is 1.35. The van der Waals surface area contributed by atoms with Crippen LogP contribution in [0.2, 0.25) is 0 Å². The molecule has 0 saturated heterocycles. The second-order valence-electron chi connectivity index (χ2n) is 6.53. The van der Waals surface area contributed by atoms with Crippen molar-refractivity contribution in [2.24, 2.45) is 23.5 Å². The molecule has 17 heavy (non-hydrogen) atoms. The molecule has 2 N–H and O–H groups in total. The van der Waals surface area contributed by atoms with E-state index in [-0.39, 0.29) is 0 Å². The van der Waals surface area contributed by atoms with Crippen LogP contribution >= 0.6 is 0 Å². The van der Waals surface area contributed by atoms with E-state index < -0.39 is 0 Å². The van der Waals surface area contributed by atoms with Crippen molar-refractivity contribution in [2.45, 2.75) is 50.5 Å². The first-order valence-corrected chi connectivity index (χ1v) is 6.92. The van der Waals surface area contributed by atoms with Crippen LogP contribution in [-0.2, 0) is 12.0 Å². The number of rotatable bonds is 2. The zero-order valence-electron chi connectivity index (χ0n) is 10.2. The normalized spacial score (nSPS) is 43.2. The van der Waals surface area contributed by atoms with Crippen molar-refractivity contribution >= 4 is 0 Å². The van der Waals surface area contributed by atoms with Gasteiger partial charge in [0.1, 0.15) is 5.76 Å². The Hall–Kier alpha value is -0.830. The Labute approximate surface area is 102 Å². The summed E-state index contributed by atoms with van der Waals surface area (Å²) in [5, 5.41) is 0. The fraction of sp³-hybridized carbons (Fsp3) is 0.786. The van der Waals surface area contributed by atoms with Crippen LogP contribution in [0, 0.1) is 17.8 Å². The van der Waals surface area contributed by atoms with E-state index in [1.807, 2.05) is 0 Å².